The van der Waals surface area contributed by atoms with E-state index >= 15 is 0 Å². The average Bonchev–Trinajstić information content (AvgIpc) is 2.88. The molecule has 1 heterocycles. The minimum Gasteiger partial charge on any atom is -0.444 e. The van der Waals surface area contributed by atoms with E-state index < -0.39 is 23.4 Å². The first-order chi connectivity index (χ1) is 13.3. The monoisotopic (exact) mass is 403 g/mol. The van der Waals surface area contributed by atoms with E-state index in [4.69, 9.17) is 9.47 Å². The number of hydrogen-bond acceptors (Lipinski definition) is 6. The van der Waals surface area contributed by atoms with Crippen LogP contribution < -0.4 is 5.32 Å². The Morgan fingerprint density at radius 3 is 2.07 bits per heavy atom. The van der Waals surface area contributed by atoms with Gasteiger partial charge in [0.2, 0.25) is 0 Å². The molecular weight excluding hydrogens is 374 g/mol. The molecule has 0 aliphatic carbocycles. The van der Waals surface area contributed by atoms with E-state index in [1.54, 1.807) is 72.7 Å². The molecule has 8 heteroatoms. The first kappa shape index (κ1) is 22.4. The molecule has 0 bridgehead atoms. The summed E-state index contributed by atoms with van der Waals surface area (Å²) in [5.41, 5.74) is 1.15. The molecule has 0 aliphatic heterocycles. The lowest BCUT2D eigenvalue weighted by Gasteiger charge is -2.19. The van der Waals surface area contributed by atoms with Crippen molar-refractivity contribution in [3.63, 3.8) is 0 Å². The predicted octanol–water partition coefficient (Wildman–Crippen LogP) is 4.48. The first-order valence-corrected chi connectivity index (χ1v) is 9.34. The Labute approximate surface area is 170 Å². The Kier molecular flexibility index (Phi) is 6.37. The van der Waals surface area contributed by atoms with Gasteiger partial charge >= 0.3 is 12.2 Å². The van der Waals surface area contributed by atoms with Crippen LogP contribution in [0.1, 0.15) is 52.8 Å². The molecule has 0 unspecified atom stereocenters. The number of nitrogens with one attached hydrogen (secondary N) is 1. The first-order valence-electron chi connectivity index (χ1n) is 9.34. The van der Waals surface area contributed by atoms with Gasteiger partial charge in [0.05, 0.1) is 12.3 Å². The zero-order valence-electron chi connectivity index (χ0n) is 18.0. The normalized spacial score (nSPS) is 11.9. The Hall–Kier alpha value is -2.87. The largest absolute Gasteiger partial charge is 0.444 e. The number of carbonyl (C=O) groups is 2. The van der Waals surface area contributed by atoms with Gasteiger partial charge in [0.1, 0.15) is 11.2 Å². The third-order valence-corrected chi connectivity index (χ3v) is 3.73. The van der Waals surface area contributed by atoms with Gasteiger partial charge in [0.15, 0.2) is 5.82 Å². The molecule has 2 aromatic rings. The fraction of sp³-hybridized carbons (Fsp3) is 0.476. The molecule has 1 aromatic heterocycles. The van der Waals surface area contributed by atoms with Gasteiger partial charge in [-0.05, 0) is 59.6 Å². The van der Waals surface area contributed by atoms with E-state index in [2.05, 4.69) is 10.4 Å². The SMILES string of the molecule is Cc1c(-c2ccc(CO)cc2)c(NC(=O)OC(C)(C)C)nn1C(=O)OC(C)(C)C. The van der Waals surface area contributed by atoms with Crippen molar-refractivity contribution >= 4 is 18.0 Å². The zero-order valence-corrected chi connectivity index (χ0v) is 18.0. The molecule has 0 saturated heterocycles. The molecule has 0 aliphatic rings. The molecule has 0 radical (unpaired) electrons. The number of aliphatic hydroxyl groups is 1. The van der Waals surface area contributed by atoms with Gasteiger partial charge < -0.3 is 14.6 Å². The number of benzene rings is 1. The van der Waals surface area contributed by atoms with Crippen LogP contribution in [0.25, 0.3) is 11.1 Å². The van der Waals surface area contributed by atoms with Crippen molar-refractivity contribution in [1.29, 1.82) is 0 Å². The average molecular weight is 403 g/mol. The zero-order chi connectivity index (χ0) is 22.0. The van der Waals surface area contributed by atoms with Crippen LogP contribution in [0.3, 0.4) is 0 Å². The van der Waals surface area contributed by atoms with Gasteiger partial charge in [-0.25, -0.2) is 9.59 Å². The molecule has 0 spiro atoms. The second-order valence-corrected chi connectivity index (χ2v) is 8.68. The Morgan fingerprint density at radius 2 is 1.59 bits per heavy atom. The van der Waals surface area contributed by atoms with Crippen LogP contribution in [0.5, 0.6) is 0 Å². The number of anilines is 1. The molecule has 8 nitrogen and oxygen atoms in total. The topological polar surface area (TPSA) is 103 Å². The molecule has 2 N–H and O–H groups in total. The molecule has 158 valence electrons. The van der Waals surface area contributed by atoms with Crippen molar-refractivity contribution < 1.29 is 24.2 Å². The quantitative estimate of drug-likeness (QED) is 0.783. The van der Waals surface area contributed by atoms with Crippen LogP contribution in [0.15, 0.2) is 24.3 Å². The van der Waals surface area contributed by atoms with Gasteiger partial charge in [-0.1, -0.05) is 24.3 Å². The summed E-state index contributed by atoms with van der Waals surface area (Å²) >= 11 is 0. The number of aliphatic hydroxyl groups excluding tert-OH is 1. The lowest BCUT2D eigenvalue weighted by atomic mass is 10.0. The van der Waals surface area contributed by atoms with Crippen molar-refractivity contribution in [1.82, 2.24) is 9.78 Å². The maximum Gasteiger partial charge on any atom is 0.435 e. The van der Waals surface area contributed by atoms with Gasteiger partial charge in [0.25, 0.3) is 0 Å². The number of hydrogen-bond donors (Lipinski definition) is 2. The summed E-state index contributed by atoms with van der Waals surface area (Å²) in [5, 5.41) is 16.2. The van der Waals surface area contributed by atoms with Crippen molar-refractivity contribution in [2.45, 2.75) is 66.3 Å². The Morgan fingerprint density at radius 1 is 1.03 bits per heavy atom. The van der Waals surface area contributed by atoms with Gasteiger partial charge in [-0.2, -0.15) is 4.68 Å². The van der Waals surface area contributed by atoms with Gasteiger partial charge in [-0.3, -0.25) is 5.32 Å². The fourth-order valence-corrected chi connectivity index (χ4v) is 2.60. The smallest absolute Gasteiger partial charge is 0.435 e. The van der Waals surface area contributed by atoms with E-state index in [9.17, 15) is 14.7 Å². The Balaban J connectivity index is 2.49. The summed E-state index contributed by atoms with van der Waals surface area (Å²) in [7, 11) is 0. The standard InChI is InChI=1S/C21H29N3O5/c1-13-16(15-10-8-14(12-25)9-11-15)17(22-18(26)28-20(2,3)4)23-24(13)19(27)29-21(5,6)7/h8-11,25H,12H2,1-7H3,(H,22,23,26). The van der Waals surface area contributed by atoms with Crippen LogP contribution in [0, 0.1) is 6.92 Å². The Bertz CT molecular complexity index is 887. The number of rotatable bonds is 3. The van der Waals surface area contributed by atoms with Crippen LogP contribution in [0.4, 0.5) is 15.4 Å². The number of carbonyl (C=O) groups excluding carboxylic acids is 2. The van der Waals surface area contributed by atoms with Crippen molar-refractivity contribution in [2.24, 2.45) is 0 Å². The van der Waals surface area contributed by atoms with Crippen LogP contribution >= 0.6 is 0 Å². The van der Waals surface area contributed by atoms with E-state index in [1.807, 2.05) is 0 Å². The number of amides is 1. The summed E-state index contributed by atoms with van der Waals surface area (Å²) in [6.07, 6.45) is -1.33. The maximum atomic E-state index is 12.6. The summed E-state index contributed by atoms with van der Waals surface area (Å²) in [4.78, 5) is 24.9. The lowest BCUT2D eigenvalue weighted by molar-refractivity contribution is 0.0508. The molecule has 0 saturated carbocycles. The summed E-state index contributed by atoms with van der Waals surface area (Å²) in [5.74, 6) is 0.180. The summed E-state index contributed by atoms with van der Waals surface area (Å²) in [6.45, 7) is 12.2. The highest BCUT2D eigenvalue weighted by Crippen LogP contribution is 2.32. The number of nitrogens with zero attached hydrogens (tertiary/aromatic N) is 2. The lowest BCUT2D eigenvalue weighted by Crippen LogP contribution is -2.29. The molecule has 1 amide bonds. The second-order valence-electron chi connectivity index (χ2n) is 8.68. The van der Waals surface area contributed by atoms with E-state index in [1.165, 1.54) is 0 Å². The minimum atomic E-state index is -0.697. The van der Waals surface area contributed by atoms with Crippen molar-refractivity contribution in [3.8, 4) is 11.1 Å². The summed E-state index contributed by atoms with van der Waals surface area (Å²) in [6, 6.07) is 7.10. The van der Waals surface area contributed by atoms with Crippen LogP contribution in [0.2, 0.25) is 0 Å². The van der Waals surface area contributed by atoms with Gasteiger partial charge in [-0.15, -0.1) is 5.10 Å². The molecule has 2 rings (SSSR count). The summed E-state index contributed by atoms with van der Waals surface area (Å²) < 4.78 is 11.8. The highest BCUT2D eigenvalue weighted by molar-refractivity contribution is 5.92. The number of aromatic nitrogens is 2. The van der Waals surface area contributed by atoms with E-state index in [-0.39, 0.29) is 12.4 Å². The van der Waals surface area contributed by atoms with E-state index in [0.29, 0.717) is 11.3 Å². The highest BCUT2D eigenvalue weighted by Gasteiger charge is 2.26. The molecule has 29 heavy (non-hydrogen) atoms. The van der Waals surface area contributed by atoms with Crippen LogP contribution in [-0.4, -0.2) is 38.3 Å². The third-order valence-electron chi connectivity index (χ3n) is 3.73. The predicted molar refractivity (Wildman–Crippen MR) is 110 cm³/mol. The van der Waals surface area contributed by atoms with E-state index in [0.717, 1.165) is 15.8 Å². The van der Waals surface area contributed by atoms with Crippen molar-refractivity contribution in [3.05, 3.63) is 35.5 Å². The molecular formula is C21H29N3O5. The third kappa shape index (κ3) is 6.05. The van der Waals surface area contributed by atoms with Gasteiger partial charge in [0, 0.05) is 5.56 Å². The molecule has 0 fully saturated rings. The molecule has 1 aromatic carbocycles. The second kappa shape index (κ2) is 8.24. The highest BCUT2D eigenvalue weighted by atomic mass is 16.6. The van der Waals surface area contributed by atoms with Crippen molar-refractivity contribution in [2.75, 3.05) is 5.32 Å². The maximum absolute atomic E-state index is 12.6. The number of ether oxygens (including phenoxy) is 2. The fourth-order valence-electron chi connectivity index (χ4n) is 2.60. The minimum absolute atomic E-state index is 0.0839. The van der Waals surface area contributed by atoms with Crippen LogP contribution in [-0.2, 0) is 16.1 Å². The molecule has 0 atom stereocenters.